The molecule has 0 amide bonds. The zero-order valence-corrected chi connectivity index (χ0v) is 11.1. The number of hydrogen-bond acceptors (Lipinski definition) is 4. The highest BCUT2D eigenvalue weighted by atomic mass is 16.5. The van der Waals surface area contributed by atoms with Gasteiger partial charge in [-0.05, 0) is 24.7 Å². The van der Waals surface area contributed by atoms with Crippen molar-refractivity contribution >= 4 is 0 Å². The normalized spacial score (nSPS) is 35.1. The zero-order chi connectivity index (χ0) is 12.4. The Hall–Kier alpha value is -0.160. The van der Waals surface area contributed by atoms with Crippen LogP contribution in [0.2, 0.25) is 0 Å². The van der Waals surface area contributed by atoms with Gasteiger partial charge in [-0.2, -0.15) is 0 Å². The minimum absolute atomic E-state index is 0.108. The van der Waals surface area contributed by atoms with Gasteiger partial charge in [-0.3, -0.25) is 0 Å². The molecule has 2 rings (SSSR count). The Morgan fingerprint density at radius 2 is 2.18 bits per heavy atom. The molecule has 0 aromatic heterocycles. The first-order valence-corrected chi connectivity index (χ1v) is 6.63. The monoisotopic (exact) mass is 242 g/mol. The topological polar surface area (TPSA) is 56.5 Å². The maximum Gasteiger partial charge on any atom is 0.0624 e. The van der Waals surface area contributed by atoms with Crippen LogP contribution >= 0.6 is 0 Å². The summed E-state index contributed by atoms with van der Waals surface area (Å²) in [5, 5.41) is 3.59. The van der Waals surface area contributed by atoms with Crippen molar-refractivity contribution in [3.05, 3.63) is 0 Å². The standard InChI is InChI=1S/C13H26N2O2/c1-12(10-17-7-11(12)14)8-15-9-13(3-4-13)5-6-16-2/h11,15H,3-10,14H2,1-2H3. The molecule has 17 heavy (non-hydrogen) atoms. The van der Waals surface area contributed by atoms with Crippen LogP contribution in [0.15, 0.2) is 0 Å². The lowest BCUT2D eigenvalue weighted by atomic mass is 9.85. The summed E-state index contributed by atoms with van der Waals surface area (Å²) in [6.45, 7) is 6.63. The summed E-state index contributed by atoms with van der Waals surface area (Å²) < 4.78 is 10.6. The second-order valence-corrected chi connectivity index (χ2v) is 6.12. The second kappa shape index (κ2) is 5.22. The van der Waals surface area contributed by atoms with E-state index >= 15 is 0 Å². The van der Waals surface area contributed by atoms with Crippen molar-refractivity contribution in [3.63, 3.8) is 0 Å². The Morgan fingerprint density at radius 3 is 2.71 bits per heavy atom. The van der Waals surface area contributed by atoms with Crippen LogP contribution in [0.1, 0.15) is 26.2 Å². The Balaban J connectivity index is 1.69. The molecular weight excluding hydrogens is 216 g/mol. The minimum Gasteiger partial charge on any atom is -0.385 e. The molecule has 1 aliphatic heterocycles. The molecule has 4 nitrogen and oxygen atoms in total. The van der Waals surface area contributed by atoms with E-state index in [1.165, 1.54) is 19.3 Å². The Morgan fingerprint density at radius 1 is 1.41 bits per heavy atom. The van der Waals surface area contributed by atoms with E-state index in [0.29, 0.717) is 12.0 Å². The van der Waals surface area contributed by atoms with Crippen molar-refractivity contribution in [1.29, 1.82) is 0 Å². The third kappa shape index (κ3) is 3.19. The van der Waals surface area contributed by atoms with E-state index in [0.717, 1.165) is 26.3 Å². The Bertz CT molecular complexity index is 256. The lowest BCUT2D eigenvalue weighted by Crippen LogP contribution is -2.46. The number of ether oxygens (including phenoxy) is 2. The summed E-state index contributed by atoms with van der Waals surface area (Å²) in [6.07, 6.45) is 3.85. The Kier molecular flexibility index (Phi) is 4.08. The third-order valence-electron chi connectivity index (χ3n) is 4.45. The number of rotatable bonds is 7. The zero-order valence-electron chi connectivity index (χ0n) is 11.1. The molecule has 2 unspecified atom stereocenters. The highest BCUT2D eigenvalue weighted by Gasteiger charge is 2.43. The number of hydrogen-bond donors (Lipinski definition) is 2. The summed E-state index contributed by atoms with van der Waals surface area (Å²) in [6, 6.07) is 0.170. The molecule has 1 saturated heterocycles. The molecule has 0 radical (unpaired) electrons. The minimum atomic E-state index is 0.108. The predicted molar refractivity (Wildman–Crippen MR) is 67.9 cm³/mol. The van der Waals surface area contributed by atoms with E-state index in [-0.39, 0.29) is 11.5 Å². The molecule has 2 fully saturated rings. The average molecular weight is 242 g/mol. The van der Waals surface area contributed by atoms with Gasteiger partial charge < -0.3 is 20.5 Å². The summed E-state index contributed by atoms with van der Waals surface area (Å²) in [4.78, 5) is 0. The fourth-order valence-electron chi connectivity index (χ4n) is 2.53. The van der Waals surface area contributed by atoms with Crippen LogP contribution in [0.4, 0.5) is 0 Å². The fraction of sp³-hybridized carbons (Fsp3) is 1.00. The quantitative estimate of drug-likeness (QED) is 0.692. The van der Waals surface area contributed by atoms with Gasteiger partial charge in [0.15, 0.2) is 0 Å². The van der Waals surface area contributed by atoms with E-state index in [1.807, 2.05) is 0 Å². The van der Waals surface area contributed by atoms with Crippen LogP contribution < -0.4 is 11.1 Å². The molecule has 0 aromatic rings. The SMILES string of the molecule is COCCC1(CNCC2(C)COCC2N)CC1. The van der Waals surface area contributed by atoms with Crippen LogP contribution in [0, 0.1) is 10.8 Å². The second-order valence-electron chi connectivity index (χ2n) is 6.12. The molecule has 1 saturated carbocycles. The third-order valence-corrected chi connectivity index (χ3v) is 4.45. The largest absolute Gasteiger partial charge is 0.385 e. The van der Waals surface area contributed by atoms with Crippen molar-refractivity contribution in [2.24, 2.45) is 16.6 Å². The van der Waals surface area contributed by atoms with Crippen LogP contribution in [-0.4, -0.2) is 46.1 Å². The van der Waals surface area contributed by atoms with E-state index in [9.17, 15) is 0 Å². The number of methoxy groups -OCH3 is 1. The van der Waals surface area contributed by atoms with Crippen molar-refractivity contribution in [3.8, 4) is 0 Å². The molecule has 4 heteroatoms. The van der Waals surface area contributed by atoms with Crippen LogP contribution in [0.25, 0.3) is 0 Å². The predicted octanol–water partition coefficient (Wildman–Crippen LogP) is 0.757. The van der Waals surface area contributed by atoms with E-state index in [2.05, 4.69) is 12.2 Å². The molecular formula is C13H26N2O2. The van der Waals surface area contributed by atoms with Crippen molar-refractivity contribution < 1.29 is 9.47 Å². The van der Waals surface area contributed by atoms with Gasteiger partial charge in [0.05, 0.1) is 13.2 Å². The smallest absolute Gasteiger partial charge is 0.0624 e. The van der Waals surface area contributed by atoms with Crippen molar-refractivity contribution in [1.82, 2.24) is 5.32 Å². The molecule has 2 atom stereocenters. The number of nitrogens with one attached hydrogen (secondary N) is 1. The summed E-state index contributed by atoms with van der Waals surface area (Å²) in [5.74, 6) is 0. The highest BCUT2D eigenvalue weighted by molar-refractivity contribution is 4.97. The van der Waals surface area contributed by atoms with Gasteiger partial charge in [0, 0.05) is 38.3 Å². The van der Waals surface area contributed by atoms with E-state index < -0.39 is 0 Å². The Labute approximate surface area is 104 Å². The first-order chi connectivity index (χ1) is 8.10. The highest BCUT2D eigenvalue weighted by Crippen LogP contribution is 2.48. The lowest BCUT2D eigenvalue weighted by Gasteiger charge is -2.28. The molecule has 0 bridgehead atoms. The molecule has 2 aliphatic rings. The first-order valence-electron chi connectivity index (χ1n) is 6.63. The van der Waals surface area contributed by atoms with Crippen LogP contribution in [0.3, 0.4) is 0 Å². The summed E-state index contributed by atoms with van der Waals surface area (Å²) in [5.41, 5.74) is 6.69. The summed E-state index contributed by atoms with van der Waals surface area (Å²) >= 11 is 0. The van der Waals surface area contributed by atoms with Crippen molar-refractivity contribution in [2.45, 2.75) is 32.2 Å². The van der Waals surface area contributed by atoms with Crippen LogP contribution in [-0.2, 0) is 9.47 Å². The van der Waals surface area contributed by atoms with E-state index in [4.69, 9.17) is 15.2 Å². The maximum absolute atomic E-state index is 6.07. The van der Waals surface area contributed by atoms with Crippen molar-refractivity contribution in [2.75, 3.05) is 40.0 Å². The van der Waals surface area contributed by atoms with Gasteiger partial charge in [0.1, 0.15) is 0 Å². The molecule has 100 valence electrons. The van der Waals surface area contributed by atoms with Gasteiger partial charge in [-0.25, -0.2) is 0 Å². The van der Waals surface area contributed by atoms with Gasteiger partial charge in [-0.1, -0.05) is 6.92 Å². The van der Waals surface area contributed by atoms with Crippen LogP contribution in [0.5, 0.6) is 0 Å². The first kappa shape index (κ1) is 13.3. The molecule has 0 spiro atoms. The van der Waals surface area contributed by atoms with Gasteiger partial charge in [-0.15, -0.1) is 0 Å². The maximum atomic E-state index is 6.07. The van der Waals surface area contributed by atoms with Gasteiger partial charge in [0.2, 0.25) is 0 Å². The fourth-order valence-corrected chi connectivity index (χ4v) is 2.53. The molecule has 1 aliphatic carbocycles. The van der Waals surface area contributed by atoms with E-state index in [1.54, 1.807) is 7.11 Å². The van der Waals surface area contributed by atoms with Gasteiger partial charge >= 0.3 is 0 Å². The summed E-state index contributed by atoms with van der Waals surface area (Å²) in [7, 11) is 1.78. The average Bonchev–Trinajstić information content (AvgIpc) is 2.99. The molecule has 1 heterocycles. The number of nitrogens with two attached hydrogens (primary N) is 1. The molecule has 3 N–H and O–H groups in total. The molecule has 0 aromatic carbocycles. The van der Waals surface area contributed by atoms with Gasteiger partial charge in [0.25, 0.3) is 0 Å². The lowest BCUT2D eigenvalue weighted by molar-refractivity contribution is 0.153.